The lowest BCUT2D eigenvalue weighted by Crippen LogP contribution is -2.38. The average Bonchev–Trinajstić information content (AvgIpc) is 3.00. The standard InChI is InChI=1S/C19H28N4S.HI/c1-16-22-18(15-24-16)14-23(3)19(20-2)21-13-9-5-8-12-17-10-6-4-7-11-17;/h4,6-7,10-11,15H,5,8-9,12-14H2,1-3H3,(H,20,21);1H. The summed E-state index contributed by atoms with van der Waals surface area (Å²) in [5, 5.41) is 6.67. The highest BCUT2D eigenvalue weighted by atomic mass is 127. The molecule has 0 bridgehead atoms. The number of aryl methyl sites for hydroxylation is 2. The SMILES string of the molecule is CN=C(NCCCCCc1ccccc1)N(C)Cc1csc(C)n1.I. The van der Waals surface area contributed by atoms with Crippen LogP contribution in [0.2, 0.25) is 0 Å². The Balaban J connectivity index is 0.00000312. The second kappa shape index (κ2) is 12.2. The van der Waals surface area contributed by atoms with Gasteiger partial charge in [0.2, 0.25) is 0 Å². The lowest BCUT2D eigenvalue weighted by molar-refractivity contribution is 0.468. The zero-order chi connectivity index (χ0) is 17.2. The van der Waals surface area contributed by atoms with Crippen LogP contribution < -0.4 is 5.32 Å². The minimum Gasteiger partial charge on any atom is -0.356 e. The van der Waals surface area contributed by atoms with Crippen LogP contribution in [0.5, 0.6) is 0 Å². The smallest absolute Gasteiger partial charge is 0.193 e. The van der Waals surface area contributed by atoms with E-state index in [4.69, 9.17) is 0 Å². The molecule has 2 rings (SSSR count). The monoisotopic (exact) mass is 472 g/mol. The molecule has 138 valence electrons. The second-order valence-corrected chi connectivity index (χ2v) is 7.05. The Bertz CT molecular complexity index is 627. The molecule has 1 aromatic carbocycles. The quantitative estimate of drug-likeness (QED) is 0.267. The molecule has 0 atom stereocenters. The van der Waals surface area contributed by atoms with E-state index in [-0.39, 0.29) is 24.0 Å². The van der Waals surface area contributed by atoms with Crippen molar-refractivity contribution in [2.24, 2.45) is 4.99 Å². The van der Waals surface area contributed by atoms with Gasteiger partial charge in [-0.1, -0.05) is 36.8 Å². The molecule has 0 fully saturated rings. The van der Waals surface area contributed by atoms with E-state index in [0.29, 0.717) is 0 Å². The van der Waals surface area contributed by atoms with Crippen molar-refractivity contribution in [3.63, 3.8) is 0 Å². The highest BCUT2D eigenvalue weighted by Gasteiger charge is 2.08. The fraction of sp³-hybridized carbons (Fsp3) is 0.474. The molecule has 0 unspecified atom stereocenters. The van der Waals surface area contributed by atoms with Gasteiger partial charge in [-0.2, -0.15) is 0 Å². The van der Waals surface area contributed by atoms with Crippen LogP contribution in [-0.2, 0) is 13.0 Å². The Hall–Kier alpha value is -1.15. The maximum absolute atomic E-state index is 4.51. The van der Waals surface area contributed by atoms with Crippen LogP contribution in [0.15, 0.2) is 40.7 Å². The largest absolute Gasteiger partial charge is 0.356 e. The van der Waals surface area contributed by atoms with Gasteiger partial charge in [0.05, 0.1) is 17.2 Å². The van der Waals surface area contributed by atoms with E-state index in [0.717, 1.165) is 36.2 Å². The van der Waals surface area contributed by atoms with E-state index in [1.807, 2.05) is 14.0 Å². The van der Waals surface area contributed by atoms with Gasteiger partial charge in [0.15, 0.2) is 5.96 Å². The van der Waals surface area contributed by atoms with E-state index in [1.165, 1.54) is 24.8 Å². The minimum absolute atomic E-state index is 0. The third-order valence-corrected chi connectivity index (χ3v) is 4.73. The molecule has 0 saturated carbocycles. The maximum atomic E-state index is 4.51. The molecule has 6 heteroatoms. The summed E-state index contributed by atoms with van der Waals surface area (Å²) in [6, 6.07) is 10.7. The summed E-state index contributed by atoms with van der Waals surface area (Å²) in [6.45, 7) is 3.79. The zero-order valence-electron chi connectivity index (χ0n) is 15.4. The second-order valence-electron chi connectivity index (χ2n) is 5.98. The number of unbranched alkanes of at least 4 members (excludes halogenated alkanes) is 2. The summed E-state index contributed by atoms with van der Waals surface area (Å²) >= 11 is 1.69. The first-order chi connectivity index (χ1) is 11.7. The molecular weight excluding hydrogens is 443 g/mol. The average molecular weight is 472 g/mol. The van der Waals surface area contributed by atoms with Gasteiger partial charge in [-0.25, -0.2) is 4.98 Å². The molecule has 1 heterocycles. The Labute approximate surface area is 172 Å². The van der Waals surface area contributed by atoms with Crippen molar-refractivity contribution in [2.75, 3.05) is 20.6 Å². The number of nitrogens with one attached hydrogen (secondary N) is 1. The molecule has 1 N–H and O–H groups in total. The van der Waals surface area contributed by atoms with E-state index >= 15 is 0 Å². The Morgan fingerprint density at radius 3 is 2.60 bits per heavy atom. The van der Waals surface area contributed by atoms with Crippen LogP contribution in [0.25, 0.3) is 0 Å². The summed E-state index contributed by atoms with van der Waals surface area (Å²) in [7, 11) is 3.89. The van der Waals surface area contributed by atoms with E-state index in [1.54, 1.807) is 11.3 Å². The maximum Gasteiger partial charge on any atom is 0.193 e. The number of aliphatic imine (C=N–C) groups is 1. The molecule has 0 aliphatic carbocycles. The fourth-order valence-corrected chi connectivity index (χ4v) is 3.26. The lowest BCUT2D eigenvalue weighted by atomic mass is 10.1. The van der Waals surface area contributed by atoms with Gasteiger partial charge in [-0.15, -0.1) is 35.3 Å². The van der Waals surface area contributed by atoms with Crippen molar-refractivity contribution in [3.05, 3.63) is 52.0 Å². The first kappa shape index (κ1) is 21.9. The minimum atomic E-state index is 0. The molecule has 0 aliphatic heterocycles. The number of hydrogen-bond donors (Lipinski definition) is 1. The Morgan fingerprint density at radius 1 is 1.20 bits per heavy atom. The molecule has 4 nitrogen and oxygen atoms in total. The van der Waals surface area contributed by atoms with Crippen LogP contribution in [0.4, 0.5) is 0 Å². The number of nitrogens with zero attached hydrogens (tertiary/aromatic N) is 3. The third-order valence-electron chi connectivity index (χ3n) is 3.91. The van der Waals surface area contributed by atoms with Gasteiger partial charge in [-0.3, -0.25) is 4.99 Å². The van der Waals surface area contributed by atoms with Crippen LogP contribution in [0, 0.1) is 6.92 Å². The van der Waals surface area contributed by atoms with E-state index in [9.17, 15) is 0 Å². The van der Waals surface area contributed by atoms with E-state index < -0.39 is 0 Å². The Kier molecular flexibility index (Phi) is 10.7. The molecule has 25 heavy (non-hydrogen) atoms. The Morgan fingerprint density at radius 2 is 1.96 bits per heavy atom. The molecule has 0 aliphatic rings. The van der Waals surface area contributed by atoms with Gasteiger partial charge < -0.3 is 10.2 Å². The van der Waals surface area contributed by atoms with Gasteiger partial charge in [0, 0.05) is 26.0 Å². The van der Waals surface area contributed by atoms with Gasteiger partial charge >= 0.3 is 0 Å². The number of hydrogen-bond acceptors (Lipinski definition) is 3. The third kappa shape index (κ3) is 8.18. The van der Waals surface area contributed by atoms with E-state index in [2.05, 4.69) is 63.0 Å². The highest BCUT2D eigenvalue weighted by Crippen LogP contribution is 2.10. The van der Waals surface area contributed by atoms with Gasteiger partial charge in [-0.05, 0) is 31.7 Å². The highest BCUT2D eigenvalue weighted by molar-refractivity contribution is 14.0. The van der Waals surface area contributed by atoms with Crippen molar-refractivity contribution in [2.45, 2.75) is 39.2 Å². The van der Waals surface area contributed by atoms with Crippen LogP contribution in [0.1, 0.15) is 35.5 Å². The van der Waals surface area contributed by atoms with Crippen LogP contribution >= 0.6 is 35.3 Å². The summed E-state index contributed by atoms with van der Waals surface area (Å²) in [4.78, 5) is 11.0. The van der Waals surface area contributed by atoms with Gasteiger partial charge in [0.25, 0.3) is 0 Å². The van der Waals surface area contributed by atoms with Crippen molar-refractivity contribution in [1.29, 1.82) is 0 Å². The normalized spacial score (nSPS) is 11.1. The van der Waals surface area contributed by atoms with Crippen LogP contribution in [-0.4, -0.2) is 36.5 Å². The van der Waals surface area contributed by atoms with Gasteiger partial charge in [0.1, 0.15) is 0 Å². The lowest BCUT2D eigenvalue weighted by Gasteiger charge is -2.21. The molecule has 0 saturated heterocycles. The number of benzene rings is 1. The summed E-state index contributed by atoms with van der Waals surface area (Å²) in [5.74, 6) is 0.934. The summed E-state index contributed by atoms with van der Waals surface area (Å²) in [6.07, 6.45) is 4.79. The topological polar surface area (TPSA) is 40.5 Å². The van der Waals surface area contributed by atoms with Crippen molar-refractivity contribution in [1.82, 2.24) is 15.2 Å². The molecule has 2 aromatic rings. The predicted octanol–water partition coefficient (Wildman–Crippen LogP) is 4.49. The molecule has 1 aromatic heterocycles. The fourth-order valence-electron chi connectivity index (χ4n) is 2.66. The first-order valence-electron chi connectivity index (χ1n) is 8.55. The first-order valence-corrected chi connectivity index (χ1v) is 9.43. The number of aromatic nitrogens is 1. The molecule has 0 amide bonds. The zero-order valence-corrected chi connectivity index (χ0v) is 18.5. The van der Waals surface area contributed by atoms with Crippen molar-refractivity contribution < 1.29 is 0 Å². The number of halogens is 1. The summed E-state index contributed by atoms with van der Waals surface area (Å²) in [5.41, 5.74) is 2.53. The number of guanidine groups is 1. The predicted molar refractivity (Wildman–Crippen MR) is 119 cm³/mol. The van der Waals surface area contributed by atoms with Crippen LogP contribution in [0.3, 0.4) is 0 Å². The van der Waals surface area contributed by atoms with Crippen molar-refractivity contribution in [3.8, 4) is 0 Å². The number of thiazole rings is 1. The van der Waals surface area contributed by atoms with Crippen molar-refractivity contribution >= 4 is 41.3 Å². The molecule has 0 spiro atoms. The summed E-state index contributed by atoms with van der Waals surface area (Å²) < 4.78 is 0. The molecule has 0 radical (unpaired) electrons. The molecular formula is C19H29IN4S. The number of rotatable bonds is 8.